The molecule has 0 amide bonds. The van der Waals surface area contributed by atoms with Crippen molar-refractivity contribution in [2.45, 2.75) is 44.0 Å². The molecular weight excluding hydrogens is 260 g/mol. The number of ether oxygens (including phenoxy) is 1. The van der Waals surface area contributed by atoms with Gasteiger partial charge in [-0.1, -0.05) is 19.6 Å². The van der Waals surface area contributed by atoms with Crippen LogP contribution in [0.3, 0.4) is 0 Å². The van der Waals surface area contributed by atoms with E-state index in [1.807, 2.05) is 6.92 Å². The number of rotatable bonds is 1. The predicted molar refractivity (Wildman–Crippen MR) is 70.6 cm³/mol. The number of carbonyl (C=O) groups is 1. The first kappa shape index (κ1) is 13.8. The van der Waals surface area contributed by atoms with Crippen LogP contribution < -0.4 is 0 Å². The molecule has 2 N–H and O–H groups in total. The van der Waals surface area contributed by atoms with Crippen molar-refractivity contribution in [1.29, 1.82) is 0 Å². The fraction of sp³-hybridized carbons (Fsp3) is 0.667. The highest BCUT2D eigenvalue weighted by Gasteiger charge is 2.63. The van der Waals surface area contributed by atoms with Gasteiger partial charge in [0.2, 0.25) is 0 Å². The average molecular weight is 280 g/mol. The van der Waals surface area contributed by atoms with Gasteiger partial charge in [-0.2, -0.15) is 0 Å². The molecule has 0 aromatic carbocycles. The second kappa shape index (κ2) is 4.16. The summed E-state index contributed by atoms with van der Waals surface area (Å²) in [6, 6.07) is 0. The first-order valence-electron chi connectivity index (χ1n) is 6.97. The zero-order valence-electron chi connectivity index (χ0n) is 11.7. The minimum Gasteiger partial charge on any atom is -0.461 e. The third kappa shape index (κ3) is 1.57. The molecule has 1 saturated carbocycles. The summed E-state index contributed by atoms with van der Waals surface area (Å²) in [6.07, 6.45) is 4.12. The molecule has 20 heavy (non-hydrogen) atoms. The van der Waals surface area contributed by atoms with Gasteiger partial charge in [-0.05, 0) is 31.4 Å². The molecule has 2 fully saturated rings. The van der Waals surface area contributed by atoms with E-state index in [-0.39, 0.29) is 17.8 Å². The minimum absolute atomic E-state index is 0.00708. The Labute approximate surface area is 117 Å². The fourth-order valence-corrected chi connectivity index (χ4v) is 4.00. The number of hydrogen-bond acceptors (Lipinski definition) is 5. The number of fused-ring (bicyclic) bond motifs is 3. The number of carbonyl (C=O) groups excluding carboxylic acids is 1. The molecule has 0 spiro atoms. The fourth-order valence-electron chi connectivity index (χ4n) is 4.00. The van der Waals surface area contributed by atoms with Crippen molar-refractivity contribution in [2.24, 2.45) is 17.8 Å². The molecule has 5 nitrogen and oxygen atoms in total. The Kier molecular flexibility index (Phi) is 2.87. The number of esters is 1. The molecule has 0 aromatic heterocycles. The molecule has 2 aliphatic carbocycles. The highest BCUT2D eigenvalue weighted by molar-refractivity contribution is 5.75. The molecule has 6 unspecified atom stereocenters. The number of aliphatic hydroxyl groups is 1. The zero-order chi connectivity index (χ0) is 14.7. The first-order chi connectivity index (χ1) is 9.33. The van der Waals surface area contributed by atoms with E-state index in [1.54, 1.807) is 19.1 Å². The maximum atomic E-state index is 11.9. The SMILES string of the molecule is C=C1CCC2C(C)C(=O)OC2C2C(C)(OO)C=CC12O. The van der Waals surface area contributed by atoms with Crippen LogP contribution in [-0.4, -0.2) is 33.6 Å². The van der Waals surface area contributed by atoms with E-state index in [1.165, 1.54) is 0 Å². The average Bonchev–Trinajstić information content (AvgIpc) is 2.80. The maximum absolute atomic E-state index is 11.9. The summed E-state index contributed by atoms with van der Waals surface area (Å²) in [6.45, 7) is 7.51. The summed E-state index contributed by atoms with van der Waals surface area (Å²) < 4.78 is 5.51. The Morgan fingerprint density at radius 1 is 1.50 bits per heavy atom. The van der Waals surface area contributed by atoms with E-state index in [2.05, 4.69) is 11.5 Å². The largest absolute Gasteiger partial charge is 0.461 e. The molecule has 0 radical (unpaired) electrons. The Morgan fingerprint density at radius 3 is 2.85 bits per heavy atom. The Morgan fingerprint density at radius 2 is 2.20 bits per heavy atom. The van der Waals surface area contributed by atoms with Gasteiger partial charge in [0.15, 0.2) is 0 Å². The molecule has 110 valence electrons. The quantitative estimate of drug-likeness (QED) is 0.331. The lowest BCUT2D eigenvalue weighted by Gasteiger charge is -2.39. The van der Waals surface area contributed by atoms with Crippen molar-refractivity contribution in [1.82, 2.24) is 0 Å². The van der Waals surface area contributed by atoms with E-state index < -0.39 is 23.2 Å². The van der Waals surface area contributed by atoms with Gasteiger partial charge in [-0.25, -0.2) is 4.89 Å². The van der Waals surface area contributed by atoms with Gasteiger partial charge in [0, 0.05) is 5.92 Å². The third-order valence-corrected chi connectivity index (χ3v) is 5.32. The maximum Gasteiger partial charge on any atom is 0.309 e. The number of hydrogen-bond donors (Lipinski definition) is 2. The van der Waals surface area contributed by atoms with Gasteiger partial charge >= 0.3 is 5.97 Å². The molecule has 0 aromatic rings. The van der Waals surface area contributed by atoms with Crippen molar-refractivity contribution in [3.63, 3.8) is 0 Å². The van der Waals surface area contributed by atoms with Crippen LogP contribution >= 0.6 is 0 Å². The molecule has 1 saturated heterocycles. The normalized spacial score (nSPS) is 50.6. The van der Waals surface area contributed by atoms with Gasteiger partial charge in [0.1, 0.15) is 17.3 Å². The molecule has 6 atom stereocenters. The second-order valence-corrected chi connectivity index (χ2v) is 6.41. The lowest BCUT2D eigenvalue weighted by Crippen LogP contribution is -2.52. The summed E-state index contributed by atoms with van der Waals surface area (Å²) >= 11 is 0. The van der Waals surface area contributed by atoms with Crippen molar-refractivity contribution in [3.05, 3.63) is 24.3 Å². The van der Waals surface area contributed by atoms with Crippen LogP contribution in [0, 0.1) is 17.8 Å². The molecule has 1 aliphatic heterocycles. The van der Waals surface area contributed by atoms with E-state index in [4.69, 9.17) is 4.74 Å². The first-order valence-corrected chi connectivity index (χ1v) is 6.97. The Bertz CT molecular complexity index is 498. The van der Waals surface area contributed by atoms with Crippen molar-refractivity contribution < 1.29 is 24.8 Å². The topological polar surface area (TPSA) is 76.0 Å². The molecule has 3 rings (SSSR count). The summed E-state index contributed by atoms with van der Waals surface area (Å²) in [7, 11) is 0. The van der Waals surface area contributed by atoms with Crippen LogP contribution in [0.25, 0.3) is 0 Å². The summed E-state index contributed by atoms with van der Waals surface area (Å²) in [4.78, 5) is 16.5. The monoisotopic (exact) mass is 280 g/mol. The highest BCUT2D eigenvalue weighted by Crippen LogP contribution is 2.54. The second-order valence-electron chi connectivity index (χ2n) is 6.41. The smallest absolute Gasteiger partial charge is 0.309 e. The van der Waals surface area contributed by atoms with Crippen LogP contribution in [-0.2, 0) is 14.4 Å². The van der Waals surface area contributed by atoms with Gasteiger partial charge in [-0.3, -0.25) is 10.1 Å². The van der Waals surface area contributed by atoms with Gasteiger partial charge < -0.3 is 9.84 Å². The van der Waals surface area contributed by atoms with Gasteiger partial charge in [0.05, 0.1) is 11.8 Å². The Hall–Kier alpha value is -1.17. The zero-order valence-corrected chi connectivity index (χ0v) is 11.7. The predicted octanol–water partition coefficient (Wildman–Crippen LogP) is 1.68. The van der Waals surface area contributed by atoms with Crippen LogP contribution in [0.4, 0.5) is 0 Å². The van der Waals surface area contributed by atoms with E-state index in [0.29, 0.717) is 12.0 Å². The van der Waals surface area contributed by atoms with Gasteiger partial charge in [-0.15, -0.1) is 0 Å². The van der Waals surface area contributed by atoms with Crippen molar-refractivity contribution in [3.8, 4) is 0 Å². The van der Waals surface area contributed by atoms with E-state index in [9.17, 15) is 15.2 Å². The van der Waals surface area contributed by atoms with Crippen molar-refractivity contribution >= 4 is 5.97 Å². The standard InChI is InChI=1S/C15H20O5/c1-8-4-5-10-9(2)13(16)19-11(10)12-14(3,20-18)6-7-15(8,12)17/h6-7,9-12,17-18H,1,4-5H2,2-3H3. The minimum atomic E-state index is -1.30. The Balaban J connectivity index is 2.09. The summed E-state index contributed by atoms with van der Waals surface area (Å²) in [5.74, 6) is -1.03. The summed E-state index contributed by atoms with van der Waals surface area (Å²) in [5.41, 5.74) is -1.71. The van der Waals surface area contributed by atoms with Crippen LogP contribution in [0.15, 0.2) is 24.3 Å². The lowest BCUT2D eigenvalue weighted by molar-refractivity contribution is -0.327. The van der Waals surface area contributed by atoms with Crippen LogP contribution in [0.5, 0.6) is 0 Å². The van der Waals surface area contributed by atoms with Crippen LogP contribution in [0.1, 0.15) is 26.7 Å². The lowest BCUT2D eigenvalue weighted by atomic mass is 9.73. The van der Waals surface area contributed by atoms with Crippen LogP contribution in [0.2, 0.25) is 0 Å². The van der Waals surface area contributed by atoms with Gasteiger partial charge in [0.25, 0.3) is 0 Å². The molecule has 3 aliphatic rings. The molecule has 0 bridgehead atoms. The van der Waals surface area contributed by atoms with E-state index >= 15 is 0 Å². The van der Waals surface area contributed by atoms with E-state index in [0.717, 1.165) is 6.42 Å². The summed E-state index contributed by atoms with van der Waals surface area (Å²) in [5, 5.41) is 20.3. The highest BCUT2D eigenvalue weighted by atomic mass is 17.1. The molecule has 1 heterocycles. The van der Waals surface area contributed by atoms with Crippen molar-refractivity contribution in [2.75, 3.05) is 0 Å². The third-order valence-electron chi connectivity index (χ3n) is 5.32. The molecule has 5 heteroatoms. The molecular formula is C15H20O5.